The van der Waals surface area contributed by atoms with Crippen LogP contribution in [0.1, 0.15) is 29.3 Å². The number of thiazole rings is 1. The number of rotatable bonds is 5. The number of nitro benzene ring substituents is 1. The summed E-state index contributed by atoms with van der Waals surface area (Å²) < 4.78 is 11.7. The normalized spacial score (nSPS) is 16.5. The van der Waals surface area contributed by atoms with E-state index in [1.54, 1.807) is 17.4 Å². The highest BCUT2D eigenvalue weighted by atomic mass is 79.9. The Morgan fingerprint density at radius 3 is 2.71 bits per heavy atom. The Morgan fingerprint density at radius 1 is 1.19 bits per heavy atom. The van der Waals surface area contributed by atoms with Gasteiger partial charge in [0.25, 0.3) is 5.69 Å². The summed E-state index contributed by atoms with van der Waals surface area (Å²) >= 11 is 5.24. The number of ether oxygens (including phenoxy) is 2. The number of halogens is 1. The first kappa shape index (κ1) is 20.4. The zero-order valence-corrected chi connectivity index (χ0v) is 19.0. The molecule has 2 aliphatic heterocycles. The molecule has 9 heteroatoms. The van der Waals surface area contributed by atoms with E-state index in [1.165, 1.54) is 11.1 Å². The Labute approximate surface area is 191 Å². The first-order valence-electron chi connectivity index (χ1n) is 10.1. The van der Waals surface area contributed by atoms with Crippen molar-refractivity contribution in [2.75, 3.05) is 19.9 Å². The molecule has 1 saturated heterocycles. The second-order valence-electron chi connectivity index (χ2n) is 7.72. The van der Waals surface area contributed by atoms with Crippen LogP contribution in [0.4, 0.5) is 5.69 Å². The molecule has 2 aromatic carbocycles. The van der Waals surface area contributed by atoms with E-state index in [-0.39, 0.29) is 17.4 Å². The molecule has 5 rings (SSSR count). The van der Waals surface area contributed by atoms with Crippen LogP contribution in [0.15, 0.2) is 46.3 Å². The molecule has 0 unspecified atom stereocenters. The van der Waals surface area contributed by atoms with Gasteiger partial charge in [-0.3, -0.25) is 15.0 Å². The van der Waals surface area contributed by atoms with Crippen molar-refractivity contribution in [2.45, 2.75) is 25.3 Å². The number of nitrogens with zero attached hydrogens (tertiary/aromatic N) is 3. The standard InChI is InChI=1S/C22H20BrN3O4S/c23-17-3-1-2-15(8-17)18-12-31-22(24-18)14-4-6-25(7-5-14)11-16-9-20-21(30-13-29-20)10-19(16)26(27)28/h1-3,8-10,12,14H,4-7,11,13H2. The minimum absolute atomic E-state index is 0.0879. The molecule has 0 bridgehead atoms. The fourth-order valence-corrected chi connectivity index (χ4v) is 5.50. The molecule has 1 aromatic heterocycles. The predicted molar refractivity (Wildman–Crippen MR) is 122 cm³/mol. The summed E-state index contributed by atoms with van der Waals surface area (Å²) in [6.45, 7) is 2.39. The highest BCUT2D eigenvalue weighted by Crippen LogP contribution is 2.39. The quantitative estimate of drug-likeness (QED) is 0.335. The van der Waals surface area contributed by atoms with Gasteiger partial charge >= 0.3 is 0 Å². The molecule has 0 spiro atoms. The van der Waals surface area contributed by atoms with Gasteiger partial charge in [-0.2, -0.15) is 0 Å². The Hall–Kier alpha value is -2.49. The van der Waals surface area contributed by atoms with Crippen molar-refractivity contribution in [1.29, 1.82) is 0 Å². The lowest BCUT2D eigenvalue weighted by molar-refractivity contribution is -0.385. The topological polar surface area (TPSA) is 77.7 Å². The number of likely N-dealkylation sites (tertiary alicyclic amines) is 1. The van der Waals surface area contributed by atoms with Crippen LogP contribution >= 0.6 is 27.3 Å². The van der Waals surface area contributed by atoms with Crippen LogP contribution in [0.3, 0.4) is 0 Å². The van der Waals surface area contributed by atoms with Gasteiger partial charge in [0.05, 0.1) is 21.7 Å². The number of nitro groups is 1. The molecule has 0 saturated carbocycles. The average Bonchev–Trinajstić information content (AvgIpc) is 3.43. The second kappa shape index (κ2) is 8.57. The van der Waals surface area contributed by atoms with E-state index in [1.807, 2.05) is 12.1 Å². The van der Waals surface area contributed by atoms with Gasteiger partial charge in [0, 0.05) is 33.4 Å². The summed E-state index contributed by atoms with van der Waals surface area (Å²) in [5, 5.41) is 14.8. The van der Waals surface area contributed by atoms with Crippen molar-refractivity contribution in [3.05, 3.63) is 66.9 Å². The smallest absolute Gasteiger partial charge is 0.277 e. The largest absolute Gasteiger partial charge is 0.454 e. The number of hydrogen-bond donors (Lipinski definition) is 0. The number of hydrogen-bond acceptors (Lipinski definition) is 7. The molecule has 160 valence electrons. The number of aromatic nitrogens is 1. The van der Waals surface area contributed by atoms with E-state index in [4.69, 9.17) is 14.5 Å². The van der Waals surface area contributed by atoms with Crippen LogP contribution < -0.4 is 9.47 Å². The van der Waals surface area contributed by atoms with Crippen LogP contribution in [-0.2, 0) is 6.54 Å². The molecule has 31 heavy (non-hydrogen) atoms. The highest BCUT2D eigenvalue weighted by molar-refractivity contribution is 9.10. The minimum Gasteiger partial charge on any atom is -0.454 e. The fraction of sp³-hybridized carbons (Fsp3) is 0.318. The van der Waals surface area contributed by atoms with Gasteiger partial charge in [-0.15, -0.1) is 11.3 Å². The van der Waals surface area contributed by atoms with Crippen molar-refractivity contribution in [3.8, 4) is 22.8 Å². The molecule has 1 fully saturated rings. The third-order valence-electron chi connectivity index (χ3n) is 5.74. The van der Waals surface area contributed by atoms with E-state index in [0.717, 1.165) is 41.7 Å². The van der Waals surface area contributed by atoms with E-state index in [2.05, 4.69) is 38.3 Å². The highest BCUT2D eigenvalue weighted by Gasteiger charge is 2.27. The van der Waals surface area contributed by atoms with Crippen molar-refractivity contribution < 1.29 is 14.4 Å². The van der Waals surface area contributed by atoms with Crippen LogP contribution in [0.5, 0.6) is 11.5 Å². The van der Waals surface area contributed by atoms with Gasteiger partial charge in [0.15, 0.2) is 11.5 Å². The molecule has 0 aliphatic carbocycles. The molecule has 0 N–H and O–H groups in total. The molecule has 0 radical (unpaired) electrons. The zero-order valence-electron chi connectivity index (χ0n) is 16.6. The zero-order chi connectivity index (χ0) is 21.4. The summed E-state index contributed by atoms with van der Waals surface area (Å²) in [5.74, 6) is 1.45. The predicted octanol–water partition coefficient (Wildman–Crippen LogP) is 5.59. The van der Waals surface area contributed by atoms with Gasteiger partial charge < -0.3 is 9.47 Å². The van der Waals surface area contributed by atoms with Crippen molar-refractivity contribution in [1.82, 2.24) is 9.88 Å². The van der Waals surface area contributed by atoms with Crippen molar-refractivity contribution >= 4 is 33.0 Å². The minimum atomic E-state index is -0.344. The molecule has 0 atom stereocenters. The van der Waals surface area contributed by atoms with Gasteiger partial charge in [-0.05, 0) is 44.1 Å². The van der Waals surface area contributed by atoms with Gasteiger partial charge in [-0.1, -0.05) is 28.1 Å². The lowest BCUT2D eigenvalue weighted by Gasteiger charge is -2.31. The monoisotopic (exact) mass is 501 g/mol. The van der Waals surface area contributed by atoms with E-state index >= 15 is 0 Å². The first-order valence-corrected chi connectivity index (χ1v) is 11.7. The lowest BCUT2D eigenvalue weighted by Crippen LogP contribution is -2.32. The summed E-state index contributed by atoms with van der Waals surface area (Å²) in [4.78, 5) is 18.3. The first-order chi connectivity index (χ1) is 15.1. The number of benzene rings is 2. The van der Waals surface area contributed by atoms with Crippen LogP contribution in [0.25, 0.3) is 11.3 Å². The van der Waals surface area contributed by atoms with Gasteiger partial charge in [-0.25, -0.2) is 4.98 Å². The maximum atomic E-state index is 11.5. The summed E-state index contributed by atoms with van der Waals surface area (Å²) in [5.41, 5.74) is 2.88. The summed E-state index contributed by atoms with van der Waals surface area (Å²) in [6, 6.07) is 11.4. The van der Waals surface area contributed by atoms with Crippen LogP contribution in [-0.4, -0.2) is 34.7 Å². The maximum absolute atomic E-state index is 11.5. The van der Waals surface area contributed by atoms with Crippen molar-refractivity contribution in [2.24, 2.45) is 0 Å². The third-order valence-corrected chi connectivity index (χ3v) is 7.24. The lowest BCUT2D eigenvalue weighted by atomic mass is 9.97. The van der Waals surface area contributed by atoms with E-state index < -0.39 is 0 Å². The van der Waals surface area contributed by atoms with Crippen LogP contribution in [0.2, 0.25) is 0 Å². The number of piperidine rings is 1. The SMILES string of the molecule is O=[N+]([O-])c1cc2c(cc1CN1CCC(c3nc(-c4cccc(Br)c4)cs3)CC1)OCO2. The van der Waals surface area contributed by atoms with E-state index in [9.17, 15) is 10.1 Å². The molecular weight excluding hydrogens is 482 g/mol. The Kier molecular flexibility index (Phi) is 5.64. The fourth-order valence-electron chi connectivity index (χ4n) is 4.10. The second-order valence-corrected chi connectivity index (χ2v) is 9.53. The molecule has 0 amide bonds. The molecular formula is C22H20BrN3O4S. The summed E-state index contributed by atoms with van der Waals surface area (Å²) in [7, 11) is 0. The van der Waals surface area contributed by atoms with Gasteiger partial charge in [0.1, 0.15) is 0 Å². The van der Waals surface area contributed by atoms with E-state index in [0.29, 0.717) is 29.5 Å². The molecule has 3 aromatic rings. The Morgan fingerprint density at radius 2 is 1.97 bits per heavy atom. The molecule has 3 heterocycles. The average molecular weight is 502 g/mol. The third kappa shape index (κ3) is 4.30. The van der Waals surface area contributed by atoms with Gasteiger partial charge in [0.2, 0.25) is 6.79 Å². The Bertz CT molecular complexity index is 1130. The summed E-state index contributed by atoms with van der Waals surface area (Å²) in [6.07, 6.45) is 1.98. The maximum Gasteiger partial charge on any atom is 0.277 e. The van der Waals surface area contributed by atoms with Crippen LogP contribution in [0, 0.1) is 10.1 Å². The number of fused-ring (bicyclic) bond motifs is 1. The van der Waals surface area contributed by atoms with Crippen molar-refractivity contribution in [3.63, 3.8) is 0 Å². The molecule has 2 aliphatic rings. The Balaban J connectivity index is 1.25. The molecule has 7 nitrogen and oxygen atoms in total.